The first-order valence-electron chi connectivity index (χ1n) is 7.03. The average molecular weight is 302 g/mol. The Bertz CT molecular complexity index is 767. The van der Waals surface area contributed by atoms with Gasteiger partial charge in [0.25, 0.3) is 5.92 Å². The van der Waals surface area contributed by atoms with Gasteiger partial charge in [-0.05, 0) is 37.7 Å². The number of hydrogen-bond acceptors (Lipinski definition) is 4. The first-order chi connectivity index (χ1) is 10.4. The first kappa shape index (κ1) is 14.7. The Morgan fingerprint density at radius 1 is 1.45 bits per heavy atom. The highest BCUT2D eigenvalue weighted by atomic mass is 19.3. The molecule has 1 aromatic heterocycles. The van der Waals surface area contributed by atoms with Crippen molar-refractivity contribution in [3.63, 3.8) is 0 Å². The summed E-state index contributed by atoms with van der Waals surface area (Å²) in [5.41, 5.74) is 2.58. The van der Waals surface area contributed by atoms with Gasteiger partial charge in [-0.1, -0.05) is 0 Å². The maximum atomic E-state index is 14.1. The van der Waals surface area contributed by atoms with E-state index < -0.39 is 12.0 Å². The predicted molar refractivity (Wildman–Crippen MR) is 81.0 cm³/mol. The van der Waals surface area contributed by atoms with Crippen LogP contribution in [0.3, 0.4) is 0 Å². The van der Waals surface area contributed by atoms with E-state index in [9.17, 15) is 8.78 Å². The molecule has 2 heterocycles. The Kier molecular flexibility index (Phi) is 3.45. The molecule has 1 N–H and O–H groups in total. The molecular formula is C16H16F2N4. The number of nitrogens with zero attached hydrogens (tertiary/aromatic N) is 3. The summed E-state index contributed by atoms with van der Waals surface area (Å²) < 4.78 is 28.1. The SMILES string of the molecule is Cc1cnc2ccc(C#N)cc2c1NC1CN(C)CC1(F)F. The molecule has 4 nitrogen and oxygen atoms in total. The molecule has 1 aliphatic rings. The molecule has 1 unspecified atom stereocenters. The van der Waals surface area contributed by atoms with Crippen LogP contribution in [0, 0.1) is 18.3 Å². The van der Waals surface area contributed by atoms with Gasteiger partial charge in [0.1, 0.15) is 6.04 Å². The summed E-state index contributed by atoms with van der Waals surface area (Å²) in [4.78, 5) is 5.90. The maximum Gasteiger partial charge on any atom is 0.281 e. The van der Waals surface area contributed by atoms with Gasteiger partial charge in [0.15, 0.2) is 0 Å². The van der Waals surface area contributed by atoms with Crippen LogP contribution in [-0.2, 0) is 0 Å². The minimum Gasteiger partial charge on any atom is -0.375 e. The zero-order valence-corrected chi connectivity index (χ0v) is 12.4. The van der Waals surface area contributed by atoms with Crippen LogP contribution in [0.1, 0.15) is 11.1 Å². The molecule has 1 saturated heterocycles. The molecule has 0 bridgehead atoms. The summed E-state index contributed by atoms with van der Waals surface area (Å²) >= 11 is 0. The fraction of sp³-hybridized carbons (Fsp3) is 0.375. The van der Waals surface area contributed by atoms with Crippen LogP contribution in [0.2, 0.25) is 0 Å². The van der Waals surface area contributed by atoms with Gasteiger partial charge >= 0.3 is 0 Å². The first-order valence-corrected chi connectivity index (χ1v) is 7.03. The van der Waals surface area contributed by atoms with E-state index in [0.29, 0.717) is 22.2 Å². The highest BCUT2D eigenvalue weighted by Gasteiger charge is 2.47. The van der Waals surface area contributed by atoms with Gasteiger partial charge in [-0.15, -0.1) is 0 Å². The number of likely N-dealkylation sites (tertiary alicyclic amines) is 1. The van der Waals surface area contributed by atoms with Crippen LogP contribution in [0.25, 0.3) is 10.9 Å². The van der Waals surface area contributed by atoms with Crippen molar-refractivity contribution in [3.8, 4) is 6.07 Å². The molecule has 0 radical (unpaired) electrons. The molecule has 1 aliphatic heterocycles. The summed E-state index contributed by atoms with van der Waals surface area (Å²) in [7, 11) is 1.68. The van der Waals surface area contributed by atoms with E-state index in [4.69, 9.17) is 5.26 Å². The molecule has 114 valence electrons. The number of pyridine rings is 1. The Hall–Kier alpha value is -2.26. The molecule has 3 rings (SSSR count). The number of anilines is 1. The molecule has 0 spiro atoms. The van der Waals surface area contributed by atoms with E-state index in [1.165, 1.54) is 0 Å². The van der Waals surface area contributed by atoms with Gasteiger partial charge in [0.05, 0.1) is 23.7 Å². The van der Waals surface area contributed by atoms with Crippen molar-refractivity contribution in [1.29, 1.82) is 5.26 Å². The molecule has 0 amide bonds. The molecule has 1 atom stereocenters. The molecule has 1 aromatic carbocycles. The number of likely N-dealkylation sites (N-methyl/N-ethyl adjacent to an activating group) is 1. The minimum absolute atomic E-state index is 0.254. The van der Waals surface area contributed by atoms with Gasteiger partial charge in [0, 0.05) is 23.8 Å². The second-order valence-electron chi connectivity index (χ2n) is 5.81. The number of aryl methyl sites for hydroxylation is 1. The fourth-order valence-electron chi connectivity index (χ4n) is 2.86. The van der Waals surface area contributed by atoms with Crippen molar-refractivity contribution >= 4 is 16.6 Å². The third kappa shape index (κ3) is 2.48. The third-order valence-electron chi connectivity index (χ3n) is 3.99. The third-order valence-corrected chi connectivity index (χ3v) is 3.99. The molecule has 0 aliphatic carbocycles. The summed E-state index contributed by atoms with van der Waals surface area (Å²) in [5.74, 6) is -2.79. The van der Waals surface area contributed by atoms with Crippen molar-refractivity contribution in [2.24, 2.45) is 0 Å². The van der Waals surface area contributed by atoms with Crippen LogP contribution in [-0.4, -0.2) is 42.0 Å². The molecule has 6 heteroatoms. The molecule has 22 heavy (non-hydrogen) atoms. The maximum absolute atomic E-state index is 14.1. The zero-order chi connectivity index (χ0) is 15.9. The average Bonchev–Trinajstić information content (AvgIpc) is 2.73. The number of nitriles is 1. The smallest absolute Gasteiger partial charge is 0.281 e. The Labute approximate surface area is 127 Å². The van der Waals surface area contributed by atoms with Crippen molar-refractivity contribution in [1.82, 2.24) is 9.88 Å². The van der Waals surface area contributed by atoms with Crippen LogP contribution >= 0.6 is 0 Å². The molecule has 2 aromatic rings. The van der Waals surface area contributed by atoms with Gasteiger partial charge in [-0.25, -0.2) is 8.78 Å². The second-order valence-corrected chi connectivity index (χ2v) is 5.81. The lowest BCUT2D eigenvalue weighted by Gasteiger charge is -2.22. The van der Waals surface area contributed by atoms with Crippen LogP contribution in [0.5, 0.6) is 0 Å². The van der Waals surface area contributed by atoms with Gasteiger partial charge in [-0.3, -0.25) is 9.88 Å². The minimum atomic E-state index is -2.79. The van der Waals surface area contributed by atoms with Gasteiger partial charge in [0.2, 0.25) is 0 Å². The predicted octanol–water partition coefficient (Wildman–Crippen LogP) is 2.78. The Morgan fingerprint density at radius 3 is 2.86 bits per heavy atom. The number of alkyl halides is 2. The van der Waals surface area contributed by atoms with Crippen molar-refractivity contribution in [2.75, 3.05) is 25.5 Å². The zero-order valence-electron chi connectivity index (χ0n) is 12.4. The summed E-state index contributed by atoms with van der Waals surface area (Å²) in [6.45, 7) is 1.84. The summed E-state index contributed by atoms with van der Waals surface area (Å²) in [6.07, 6.45) is 1.66. The van der Waals surface area contributed by atoms with Crippen LogP contribution < -0.4 is 5.32 Å². The number of fused-ring (bicyclic) bond motifs is 1. The van der Waals surface area contributed by atoms with Gasteiger partial charge in [-0.2, -0.15) is 5.26 Å². The number of aromatic nitrogens is 1. The lowest BCUT2D eigenvalue weighted by molar-refractivity contribution is 0.00607. The van der Waals surface area contributed by atoms with Crippen LogP contribution in [0.4, 0.5) is 14.5 Å². The van der Waals surface area contributed by atoms with Crippen LogP contribution in [0.15, 0.2) is 24.4 Å². The number of halogens is 2. The number of nitrogens with one attached hydrogen (secondary N) is 1. The fourth-order valence-corrected chi connectivity index (χ4v) is 2.86. The monoisotopic (exact) mass is 302 g/mol. The van der Waals surface area contributed by atoms with E-state index in [0.717, 1.165) is 5.56 Å². The number of rotatable bonds is 2. The Morgan fingerprint density at radius 2 is 2.23 bits per heavy atom. The highest BCUT2D eigenvalue weighted by molar-refractivity contribution is 5.93. The van der Waals surface area contributed by atoms with Gasteiger partial charge < -0.3 is 5.32 Å². The largest absolute Gasteiger partial charge is 0.375 e. The highest BCUT2D eigenvalue weighted by Crippen LogP contribution is 2.33. The lowest BCUT2D eigenvalue weighted by atomic mass is 10.1. The number of hydrogen-bond donors (Lipinski definition) is 1. The molecule has 0 saturated carbocycles. The molecular weight excluding hydrogens is 286 g/mol. The summed E-state index contributed by atoms with van der Waals surface area (Å²) in [6, 6.07) is 6.21. The molecule has 1 fully saturated rings. The van der Waals surface area contributed by atoms with E-state index >= 15 is 0 Å². The van der Waals surface area contributed by atoms with Crippen molar-refractivity contribution < 1.29 is 8.78 Å². The van der Waals surface area contributed by atoms with E-state index in [-0.39, 0.29) is 13.1 Å². The second kappa shape index (κ2) is 5.18. The lowest BCUT2D eigenvalue weighted by Crippen LogP contribution is -2.38. The standard InChI is InChI=1S/C16H16F2N4/c1-10-7-20-13-4-3-11(6-19)5-12(13)15(10)21-14-8-22(2)9-16(14,17)18/h3-5,7,14H,8-9H2,1-2H3,(H,20,21). The van der Waals surface area contributed by atoms with Crippen molar-refractivity contribution in [3.05, 3.63) is 35.5 Å². The van der Waals surface area contributed by atoms with E-state index in [1.807, 2.05) is 6.92 Å². The topological polar surface area (TPSA) is 52.0 Å². The number of benzene rings is 1. The normalized spacial score (nSPS) is 21.0. The van der Waals surface area contributed by atoms with Crippen molar-refractivity contribution in [2.45, 2.75) is 18.9 Å². The summed E-state index contributed by atoms with van der Waals surface area (Å²) in [5, 5.41) is 12.7. The quantitative estimate of drug-likeness (QED) is 0.927. The Balaban J connectivity index is 2.06. The van der Waals surface area contributed by atoms with E-state index in [2.05, 4.69) is 16.4 Å². The van der Waals surface area contributed by atoms with E-state index in [1.54, 1.807) is 36.3 Å².